The number of carbonyl (C=O) groups excluding carboxylic acids is 1. The Hall–Kier alpha value is -1.61. The second-order valence-electron chi connectivity index (χ2n) is 7.30. The molecule has 3 nitrogen and oxygen atoms in total. The monoisotopic (exact) mass is 316 g/mol. The van der Waals surface area contributed by atoms with Crippen LogP contribution in [0.4, 0.5) is 5.82 Å². The molecule has 0 amide bonds. The highest BCUT2D eigenvalue weighted by Crippen LogP contribution is 2.33. The first kappa shape index (κ1) is 15.3. The summed E-state index contributed by atoms with van der Waals surface area (Å²) >= 11 is 6.13. The van der Waals surface area contributed by atoms with E-state index in [0.29, 0.717) is 17.4 Å². The molecule has 116 valence electrons. The van der Waals surface area contributed by atoms with Crippen LogP contribution in [0, 0.1) is 11.3 Å². The number of fused-ring (bicyclic) bond motifs is 1. The van der Waals surface area contributed by atoms with Gasteiger partial charge in [0.25, 0.3) is 0 Å². The van der Waals surface area contributed by atoms with Gasteiger partial charge in [0.05, 0.1) is 5.92 Å². The number of aromatic nitrogens is 1. The molecule has 0 radical (unpaired) electrons. The molecular weight excluding hydrogens is 296 g/mol. The molecule has 0 bridgehead atoms. The maximum absolute atomic E-state index is 12.3. The average molecular weight is 317 g/mol. The van der Waals surface area contributed by atoms with Crippen molar-refractivity contribution in [2.75, 3.05) is 18.0 Å². The Balaban J connectivity index is 1.77. The summed E-state index contributed by atoms with van der Waals surface area (Å²) in [6, 6.07) is 9.97. The minimum Gasteiger partial charge on any atom is -0.354 e. The van der Waals surface area contributed by atoms with Crippen molar-refractivity contribution in [3.63, 3.8) is 0 Å². The summed E-state index contributed by atoms with van der Waals surface area (Å²) in [5, 5.41) is 2.67. The van der Waals surface area contributed by atoms with E-state index in [1.54, 1.807) is 0 Å². The maximum atomic E-state index is 12.3. The molecule has 0 atom stereocenters. The van der Waals surface area contributed by atoms with Crippen LogP contribution in [0.2, 0.25) is 5.15 Å². The third-order valence-electron chi connectivity index (χ3n) is 4.03. The van der Waals surface area contributed by atoms with Gasteiger partial charge in [-0.1, -0.05) is 56.6 Å². The van der Waals surface area contributed by atoms with Gasteiger partial charge in [-0.3, -0.25) is 4.79 Å². The van der Waals surface area contributed by atoms with Crippen LogP contribution in [0.1, 0.15) is 27.2 Å². The van der Waals surface area contributed by atoms with Crippen molar-refractivity contribution in [2.24, 2.45) is 11.3 Å². The van der Waals surface area contributed by atoms with Crippen LogP contribution in [0.5, 0.6) is 0 Å². The number of hydrogen-bond acceptors (Lipinski definition) is 3. The molecule has 1 saturated heterocycles. The number of anilines is 1. The Kier molecular flexibility index (Phi) is 3.85. The minimum absolute atomic E-state index is 0.0541. The second-order valence-corrected chi connectivity index (χ2v) is 7.68. The van der Waals surface area contributed by atoms with Gasteiger partial charge in [0.2, 0.25) is 0 Å². The highest BCUT2D eigenvalue weighted by Gasteiger charge is 2.35. The number of benzene rings is 1. The number of rotatable bonds is 3. The van der Waals surface area contributed by atoms with Gasteiger partial charge < -0.3 is 4.90 Å². The third kappa shape index (κ3) is 3.09. The van der Waals surface area contributed by atoms with Crippen LogP contribution in [0.15, 0.2) is 30.3 Å². The van der Waals surface area contributed by atoms with Gasteiger partial charge in [-0.15, -0.1) is 0 Å². The van der Waals surface area contributed by atoms with Crippen molar-refractivity contribution in [3.8, 4) is 0 Å². The predicted molar refractivity (Wildman–Crippen MR) is 91.5 cm³/mol. The Morgan fingerprint density at radius 2 is 2.00 bits per heavy atom. The molecule has 3 rings (SSSR count). The van der Waals surface area contributed by atoms with Crippen molar-refractivity contribution in [2.45, 2.75) is 27.2 Å². The number of carbonyl (C=O) groups is 1. The van der Waals surface area contributed by atoms with E-state index in [9.17, 15) is 4.79 Å². The molecule has 1 aromatic carbocycles. The van der Waals surface area contributed by atoms with Gasteiger partial charge in [-0.25, -0.2) is 4.98 Å². The van der Waals surface area contributed by atoms with Gasteiger partial charge in [-0.2, -0.15) is 0 Å². The van der Waals surface area contributed by atoms with E-state index in [0.717, 1.165) is 29.7 Å². The molecule has 2 heterocycles. The van der Waals surface area contributed by atoms with E-state index in [1.165, 1.54) is 0 Å². The van der Waals surface area contributed by atoms with Crippen LogP contribution in [0.25, 0.3) is 10.8 Å². The lowest BCUT2D eigenvalue weighted by molar-refractivity contribution is -0.125. The standard InChI is InChI=1S/C18H21ClN2O/c1-18(2,3)9-15(22)13-10-21(11-13)17-14-7-5-4-6-12(14)8-16(19)20-17/h4-8,13H,9-11H2,1-3H3. The maximum Gasteiger partial charge on any atom is 0.140 e. The summed E-state index contributed by atoms with van der Waals surface area (Å²) in [6.45, 7) is 7.80. The Morgan fingerprint density at radius 3 is 2.68 bits per heavy atom. The summed E-state index contributed by atoms with van der Waals surface area (Å²) in [7, 11) is 0. The highest BCUT2D eigenvalue weighted by atomic mass is 35.5. The molecule has 1 aliphatic rings. The molecule has 1 aliphatic heterocycles. The van der Waals surface area contributed by atoms with Crippen molar-refractivity contribution in [1.29, 1.82) is 0 Å². The molecule has 0 aliphatic carbocycles. The number of ketones is 1. The van der Waals surface area contributed by atoms with E-state index in [1.807, 2.05) is 24.3 Å². The topological polar surface area (TPSA) is 33.2 Å². The van der Waals surface area contributed by atoms with Crippen LogP contribution in [-0.2, 0) is 4.79 Å². The van der Waals surface area contributed by atoms with Gasteiger partial charge in [0.15, 0.2) is 0 Å². The van der Waals surface area contributed by atoms with E-state index in [2.05, 4.69) is 36.7 Å². The zero-order valence-corrected chi connectivity index (χ0v) is 14.0. The summed E-state index contributed by atoms with van der Waals surface area (Å²) in [6.07, 6.45) is 0.634. The third-order valence-corrected chi connectivity index (χ3v) is 4.22. The SMILES string of the molecule is CC(C)(C)CC(=O)C1CN(c2nc(Cl)cc3ccccc23)C1. The summed E-state index contributed by atoms with van der Waals surface area (Å²) in [5.41, 5.74) is 0.0541. The molecule has 1 fully saturated rings. The molecular formula is C18H21ClN2O. The summed E-state index contributed by atoms with van der Waals surface area (Å²) in [4.78, 5) is 18.9. The highest BCUT2D eigenvalue weighted by molar-refractivity contribution is 6.30. The Labute approximate surface area is 136 Å². The van der Waals surface area contributed by atoms with Crippen LogP contribution in [0.3, 0.4) is 0 Å². The summed E-state index contributed by atoms with van der Waals surface area (Å²) in [5.74, 6) is 1.37. The number of hydrogen-bond donors (Lipinski definition) is 0. The molecule has 4 heteroatoms. The van der Waals surface area contributed by atoms with Crippen LogP contribution >= 0.6 is 11.6 Å². The normalized spacial score (nSPS) is 15.9. The molecule has 2 aromatic rings. The number of Topliss-reactive ketones (excluding diaryl/α,β-unsaturated/α-hetero) is 1. The number of pyridine rings is 1. The minimum atomic E-state index is 0.0541. The second kappa shape index (κ2) is 5.54. The van der Waals surface area contributed by atoms with E-state index in [4.69, 9.17) is 11.6 Å². The van der Waals surface area contributed by atoms with Crippen molar-refractivity contribution in [3.05, 3.63) is 35.5 Å². The zero-order chi connectivity index (χ0) is 15.9. The average Bonchev–Trinajstić information content (AvgIpc) is 2.34. The molecule has 1 aromatic heterocycles. The van der Waals surface area contributed by atoms with Crippen molar-refractivity contribution in [1.82, 2.24) is 4.98 Å². The lowest BCUT2D eigenvalue weighted by atomic mass is 9.83. The lowest BCUT2D eigenvalue weighted by Gasteiger charge is -2.40. The largest absolute Gasteiger partial charge is 0.354 e. The Bertz CT molecular complexity index is 715. The van der Waals surface area contributed by atoms with E-state index in [-0.39, 0.29) is 11.3 Å². The molecule has 0 spiro atoms. The first-order valence-electron chi connectivity index (χ1n) is 7.66. The fraction of sp³-hybridized carbons (Fsp3) is 0.444. The number of halogens is 1. The quantitative estimate of drug-likeness (QED) is 0.790. The molecule has 0 saturated carbocycles. The van der Waals surface area contributed by atoms with Crippen LogP contribution in [-0.4, -0.2) is 23.9 Å². The van der Waals surface area contributed by atoms with E-state index < -0.39 is 0 Å². The smallest absolute Gasteiger partial charge is 0.140 e. The molecule has 22 heavy (non-hydrogen) atoms. The van der Waals surface area contributed by atoms with Crippen molar-refractivity contribution >= 4 is 34.0 Å². The van der Waals surface area contributed by atoms with Gasteiger partial charge in [0, 0.05) is 24.9 Å². The fourth-order valence-corrected chi connectivity index (χ4v) is 3.11. The Morgan fingerprint density at radius 1 is 1.32 bits per heavy atom. The van der Waals surface area contributed by atoms with Gasteiger partial charge in [0.1, 0.15) is 16.8 Å². The van der Waals surface area contributed by atoms with Gasteiger partial charge >= 0.3 is 0 Å². The van der Waals surface area contributed by atoms with Crippen molar-refractivity contribution < 1.29 is 4.79 Å². The predicted octanol–water partition coefficient (Wildman–Crippen LogP) is 4.33. The van der Waals surface area contributed by atoms with Crippen LogP contribution < -0.4 is 4.90 Å². The molecule has 0 N–H and O–H groups in total. The molecule has 0 unspecified atom stereocenters. The summed E-state index contributed by atoms with van der Waals surface area (Å²) < 4.78 is 0. The van der Waals surface area contributed by atoms with Gasteiger partial charge in [-0.05, 0) is 16.9 Å². The first-order valence-corrected chi connectivity index (χ1v) is 8.04. The lowest BCUT2D eigenvalue weighted by Crippen LogP contribution is -2.51. The fourth-order valence-electron chi connectivity index (χ4n) is 2.91. The first-order chi connectivity index (χ1) is 10.3. The zero-order valence-electron chi connectivity index (χ0n) is 13.3. The number of nitrogens with zero attached hydrogens (tertiary/aromatic N) is 2. The van der Waals surface area contributed by atoms with E-state index >= 15 is 0 Å².